The van der Waals surface area contributed by atoms with Gasteiger partial charge in [-0.05, 0) is 30.3 Å². The van der Waals surface area contributed by atoms with Gasteiger partial charge < -0.3 is 25.8 Å². The zero-order valence-electron chi connectivity index (χ0n) is 13.9. The number of nitrogens with zero attached hydrogens (tertiary/aromatic N) is 1. The van der Waals surface area contributed by atoms with E-state index in [1.807, 2.05) is 12.1 Å². The molecule has 0 radical (unpaired) electrons. The first-order valence-electron chi connectivity index (χ1n) is 7.36. The molecule has 7 nitrogen and oxygen atoms in total. The monoisotopic (exact) mass is 406 g/mol. The number of hydrogen-bond donors (Lipinski definition) is 3. The Kier molecular flexibility index (Phi) is 6.64. The maximum Gasteiger partial charge on any atom is 0.246 e. The molecule has 0 aliphatic heterocycles. The summed E-state index contributed by atoms with van der Waals surface area (Å²) < 4.78 is 11.3. The van der Waals surface area contributed by atoms with E-state index in [0.717, 1.165) is 4.47 Å². The molecule has 0 unspecified atom stereocenters. The van der Waals surface area contributed by atoms with Crippen LogP contribution in [0.5, 0.6) is 11.5 Å². The van der Waals surface area contributed by atoms with Gasteiger partial charge in [-0.2, -0.15) is 0 Å². The fourth-order valence-electron chi connectivity index (χ4n) is 2.01. The highest BCUT2D eigenvalue weighted by Gasteiger charge is 2.07. The lowest BCUT2D eigenvalue weighted by molar-refractivity contribution is -0.114. The predicted octanol–water partition coefficient (Wildman–Crippen LogP) is 2.83. The summed E-state index contributed by atoms with van der Waals surface area (Å²) in [7, 11) is 3.11. The van der Waals surface area contributed by atoms with E-state index in [2.05, 4.69) is 31.6 Å². The van der Waals surface area contributed by atoms with E-state index < -0.39 is 0 Å². The van der Waals surface area contributed by atoms with Gasteiger partial charge in [0, 0.05) is 16.2 Å². The summed E-state index contributed by atoms with van der Waals surface area (Å²) in [6.45, 7) is -0.113. The van der Waals surface area contributed by atoms with Gasteiger partial charge in [-0.25, -0.2) is 4.99 Å². The fourth-order valence-corrected chi connectivity index (χ4v) is 2.41. The van der Waals surface area contributed by atoms with Gasteiger partial charge in [0.1, 0.15) is 18.0 Å². The smallest absolute Gasteiger partial charge is 0.246 e. The van der Waals surface area contributed by atoms with E-state index >= 15 is 0 Å². The number of nitrogens with one attached hydrogen (secondary N) is 2. The second-order valence-electron chi connectivity index (χ2n) is 4.95. The summed E-state index contributed by atoms with van der Waals surface area (Å²) in [6.07, 6.45) is 0. The van der Waals surface area contributed by atoms with Crippen molar-refractivity contribution in [3.05, 3.63) is 46.9 Å². The van der Waals surface area contributed by atoms with Crippen molar-refractivity contribution in [3.63, 3.8) is 0 Å². The molecule has 25 heavy (non-hydrogen) atoms. The van der Waals surface area contributed by atoms with Crippen LogP contribution in [0.25, 0.3) is 0 Å². The molecular weight excluding hydrogens is 388 g/mol. The number of nitrogens with two attached hydrogens (primary N) is 1. The Bertz CT molecular complexity index is 780. The number of anilines is 2. The molecule has 132 valence electrons. The Morgan fingerprint density at radius 3 is 2.64 bits per heavy atom. The average molecular weight is 407 g/mol. The van der Waals surface area contributed by atoms with Gasteiger partial charge in [-0.1, -0.05) is 22.0 Å². The number of hydrogen-bond acceptors (Lipinski definition) is 4. The Labute approximate surface area is 154 Å². The summed E-state index contributed by atoms with van der Waals surface area (Å²) >= 11 is 3.35. The minimum Gasteiger partial charge on any atom is -0.497 e. The molecular formula is C17H19BrN4O3. The van der Waals surface area contributed by atoms with Gasteiger partial charge in [0.25, 0.3) is 0 Å². The van der Waals surface area contributed by atoms with Crippen molar-refractivity contribution in [2.45, 2.75) is 0 Å². The van der Waals surface area contributed by atoms with E-state index in [1.165, 1.54) is 0 Å². The maximum absolute atomic E-state index is 11.9. The van der Waals surface area contributed by atoms with Crippen LogP contribution in [-0.4, -0.2) is 32.6 Å². The molecule has 0 fully saturated rings. The van der Waals surface area contributed by atoms with Crippen LogP contribution in [0.2, 0.25) is 0 Å². The van der Waals surface area contributed by atoms with Crippen LogP contribution in [0, 0.1) is 0 Å². The number of carbonyl (C=O) groups is 1. The summed E-state index contributed by atoms with van der Waals surface area (Å²) in [5.74, 6) is 1.04. The molecule has 8 heteroatoms. The zero-order valence-corrected chi connectivity index (χ0v) is 15.5. The highest BCUT2D eigenvalue weighted by Crippen LogP contribution is 2.28. The van der Waals surface area contributed by atoms with Gasteiger partial charge >= 0.3 is 0 Å². The minimum atomic E-state index is -0.277. The minimum absolute atomic E-state index is 0.0935. The van der Waals surface area contributed by atoms with Gasteiger partial charge in [0.15, 0.2) is 5.96 Å². The van der Waals surface area contributed by atoms with Gasteiger partial charge in [0.05, 0.1) is 19.9 Å². The number of methoxy groups -OCH3 is 2. The molecule has 0 aliphatic carbocycles. The fraction of sp³-hybridized carbons (Fsp3) is 0.176. The third-order valence-electron chi connectivity index (χ3n) is 3.17. The van der Waals surface area contributed by atoms with Crippen LogP contribution >= 0.6 is 15.9 Å². The lowest BCUT2D eigenvalue weighted by atomic mass is 10.2. The summed E-state index contributed by atoms with van der Waals surface area (Å²) in [4.78, 5) is 16.0. The molecule has 0 aliphatic rings. The molecule has 4 N–H and O–H groups in total. The zero-order chi connectivity index (χ0) is 18.2. The first kappa shape index (κ1) is 18.6. The molecule has 0 bridgehead atoms. The quantitative estimate of drug-likeness (QED) is 0.506. The normalized spacial score (nSPS) is 10.9. The first-order valence-corrected chi connectivity index (χ1v) is 8.15. The molecule has 0 saturated heterocycles. The van der Waals surface area contributed by atoms with Crippen molar-refractivity contribution in [2.24, 2.45) is 10.7 Å². The second kappa shape index (κ2) is 8.93. The van der Waals surface area contributed by atoms with E-state index in [0.29, 0.717) is 22.9 Å². The molecule has 2 rings (SSSR count). The highest BCUT2D eigenvalue weighted by molar-refractivity contribution is 9.10. The number of aliphatic imine (C=N–C) groups is 1. The van der Waals surface area contributed by atoms with Crippen LogP contribution in [0.1, 0.15) is 0 Å². The number of amides is 1. The van der Waals surface area contributed by atoms with Gasteiger partial charge in [0.2, 0.25) is 5.91 Å². The lowest BCUT2D eigenvalue weighted by Crippen LogP contribution is -2.25. The molecule has 0 spiro atoms. The Hall–Kier alpha value is -2.74. The largest absolute Gasteiger partial charge is 0.497 e. The lowest BCUT2D eigenvalue weighted by Gasteiger charge is -2.12. The predicted molar refractivity (Wildman–Crippen MR) is 102 cm³/mol. The van der Waals surface area contributed by atoms with Gasteiger partial charge in [-0.3, -0.25) is 4.79 Å². The second-order valence-corrected chi connectivity index (χ2v) is 5.87. The highest BCUT2D eigenvalue weighted by atomic mass is 79.9. The molecule has 0 heterocycles. The van der Waals surface area contributed by atoms with E-state index in [9.17, 15) is 4.79 Å². The van der Waals surface area contributed by atoms with E-state index in [1.54, 1.807) is 44.6 Å². The molecule has 2 aromatic rings. The molecule has 1 amide bonds. The number of benzene rings is 2. The maximum atomic E-state index is 11.9. The molecule has 0 aromatic heterocycles. The van der Waals surface area contributed by atoms with Crippen LogP contribution in [0.15, 0.2) is 51.9 Å². The van der Waals surface area contributed by atoms with Gasteiger partial charge in [-0.15, -0.1) is 0 Å². The van der Waals surface area contributed by atoms with Crippen molar-refractivity contribution in [1.82, 2.24) is 0 Å². The molecule has 0 saturated carbocycles. The number of ether oxygens (including phenoxy) is 2. The third-order valence-corrected chi connectivity index (χ3v) is 3.66. The van der Waals surface area contributed by atoms with Crippen molar-refractivity contribution >= 4 is 39.2 Å². The summed E-state index contributed by atoms with van der Waals surface area (Å²) in [5.41, 5.74) is 7.11. The molecule has 0 atom stereocenters. The SMILES string of the molecule is COc1ccc(OC)c(NC(N)=NCC(=O)Nc2cccc(Br)c2)c1. The van der Waals surface area contributed by atoms with Crippen LogP contribution < -0.4 is 25.8 Å². The summed E-state index contributed by atoms with van der Waals surface area (Å²) in [5, 5.41) is 5.64. The van der Waals surface area contributed by atoms with Crippen molar-refractivity contribution in [3.8, 4) is 11.5 Å². The topological polar surface area (TPSA) is 98.0 Å². The van der Waals surface area contributed by atoms with E-state index in [4.69, 9.17) is 15.2 Å². The Morgan fingerprint density at radius 2 is 1.96 bits per heavy atom. The van der Waals surface area contributed by atoms with Crippen molar-refractivity contribution in [2.75, 3.05) is 31.4 Å². The van der Waals surface area contributed by atoms with E-state index in [-0.39, 0.29) is 18.4 Å². The standard InChI is InChI=1S/C17H19BrN4O3/c1-24-13-6-7-15(25-2)14(9-13)22-17(19)20-10-16(23)21-12-5-3-4-11(18)8-12/h3-9H,10H2,1-2H3,(H,21,23)(H3,19,20,22). The number of carbonyl (C=O) groups excluding carboxylic acids is 1. The Balaban J connectivity index is 1.98. The number of guanidine groups is 1. The molecule has 2 aromatic carbocycles. The number of rotatable bonds is 6. The third kappa shape index (κ3) is 5.68. The van der Waals surface area contributed by atoms with Crippen LogP contribution in [0.3, 0.4) is 0 Å². The van der Waals surface area contributed by atoms with Crippen LogP contribution in [0.4, 0.5) is 11.4 Å². The van der Waals surface area contributed by atoms with Crippen molar-refractivity contribution < 1.29 is 14.3 Å². The Morgan fingerprint density at radius 1 is 1.16 bits per heavy atom. The first-order chi connectivity index (χ1) is 12.0. The summed E-state index contributed by atoms with van der Waals surface area (Å²) in [6, 6.07) is 12.5. The van der Waals surface area contributed by atoms with Crippen LogP contribution in [-0.2, 0) is 4.79 Å². The average Bonchev–Trinajstić information content (AvgIpc) is 2.60. The number of halogens is 1. The van der Waals surface area contributed by atoms with Crippen molar-refractivity contribution in [1.29, 1.82) is 0 Å².